The lowest BCUT2D eigenvalue weighted by Crippen LogP contribution is -2.06. The normalized spacial score (nSPS) is 10.4. The number of hydrogen-bond donors (Lipinski definition) is 1. The summed E-state index contributed by atoms with van der Waals surface area (Å²) in [5, 5.41) is 2.69. The zero-order valence-electron chi connectivity index (χ0n) is 10.7. The van der Waals surface area contributed by atoms with Crippen LogP contribution in [-0.2, 0) is 0 Å². The van der Waals surface area contributed by atoms with Gasteiger partial charge in [0.1, 0.15) is 5.82 Å². The molecular formula is C12H11BrF2N4O. The molecule has 0 atom stereocenters. The van der Waals surface area contributed by atoms with Crippen LogP contribution in [-0.4, -0.2) is 28.6 Å². The molecule has 1 aromatic heterocycles. The molecular weight excluding hydrogens is 334 g/mol. The minimum absolute atomic E-state index is 0.000579. The van der Waals surface area contributed by atoms with Gasteiger partial charge in [-0.15, -0.1) is 0 Å². The topological polar surface area (TPSA) is 59.9 Å². The summed E-state index contributed by atoms with van der Waals surface area (Å²) >= 11 is 3.00. The SMILES string of the molecule is CCOc1nc(NC)nc(-c2c(F)ccc(Br)c2F)n1. The van der Waals surface area contributed by atoms with Gasteiger partial charge in [-0.3, -0.25) is 0 Å². The number of rotatable bonds is 4. The molecule has 106 valence electrons. The van der Waals surface area contributed by atoms with Crippen molar-refractivity contribution in [3.8, 4) is 17.4 Å². The summed E-state index contributed by atoms with van der Waals surface area (Å²) in [7, 11) is 1.59. The molecule has 0 spiro atoms. The van der Waals surface area contributed by atoms with Gasteiger partial charge < -0.3 is 10.1 Å². The highest BCUT2D eigenvalue weighted by molar-refractivity contribution is 9.10. The fraction of sp³-hybridized carbons (Fsp3) is 0.250. The van der Waals surface area contributed by atoms with Gasteiger partial charge in [-0.25, -0.2) is 8.78 Å². The Morgan fingerprint density at radius 3 is 2.65 bits per heavy atom. The molecule has 0 aliphatic heterocycles. The predicted molar refractivity (Wildman–Crippen MR) is 73.6 cm³/mol. The van der Waals surface area contributed by atoms with Crippen LogP contribution in [0.3, 0.4) is 0 Å². The van der Waals surface area contributed by atoms with Crippen molar-refractivity contribution in [2.45, 2.75) is 6.92 Å². The molecule has 0 saturated heterocycles. The van der Waals surface area contributed by atoms with Crippen molar-refractivity contribution in [1.82, 2.24) is 15.0 Å². The monoisotopic (exact) mass is 344 g/mol. The van der Waals surface area contributed by atoms with Crippen LogP contribution in [0.2, 0.25) is 0 Å². The third-order valence-corrected chi connectivity index (χ3v) is 2.99. The Hall–Kier alpha value is -1.83. The van der Waals surface area contributed by atoms with Gasteiger partial charge >= 0.3 is 6.01 Å². The maximum Gasteiger partial charge on any atom is 0.321 e. The molecule has 1 heterocycles. The van der Waals surface area contributed by atoms with E-state index in [0.717, 1.165) is 6.07 Å². The van der Waals surface area contributed by atoms with E-state index in [1.165, 1.54) is 6.07 Å². The molecule has 2 aromatic rings. The van der Waals surface area contributed by atoms with E-state index in [9.17, 15) is 8.78 Å². The highest BCUT2D eigenvalue weighted by Gasteiger charge is 2.19. The van der Waals surface area contributed by atoms with Crippen molar-refractivity contribution < 1.29 is 13.5 Å². The fourth-order valence-corrected chi connectivity index (χ4v) is 1.84. The first-order valence-electron chi connectivity index (χ1n) is 5.77. The summed E-state index contributed by atoms with van der Waals surface area (Å²) < 4.78 is 33.2. The summed E-state index contributed by atoms with van der Waals surface area (Å²) in [4.78, 5) is 11.8. The Morgan fingerprint density at radius 2 is 2.00 bits per heavy atom. The van der Waals surface area contributed by atoms with Crippen molar-refractivity contribution in [3.63, 3.8) is 0 Å². The molecule has 0 amide bonds. The largest absolute Gasteiger partial charge is 0.464 e. The summed E-state index contributed by atoms with van der Waals surface area (Å²) in [5.74, 6) is -1.51. The van der Waals surface area contributed by atoms with Gasteiger partial charge in [0.2, 0.25) is 5.95 Å². The van der Waals surface area contributed by atoms with Gasteiger partial charge in [0.05, 0.1) is 16.6 Å². The average Bonchev–Trinajstić information content (AvgIpc) is 2.43. The number of nitrogens with zero attached hydrogens (tertiary/aromatic N) is 3. The van der Waals surface area contributed by atoms with Gasteiger partial charge in [0.25, 0.3) is 0 Å². The van der Waals surface area contributed by atoms with Crippen molar-refractivity contribution in [2.24, 2.45) is 0 Å². The molecule has 0 aliphatic rings. The molecule has 0 bridgehead atoms. The average molecular weight is 345 g/mol. The van der Waals surface area contributed by atoms with Crippen LogP contribution in [0.25, 0.3) is 11.4 Å². The predicted octanol–water partition coefficient (Wildman–Crippen LogP) is 3.02. The second kappa shape index (κ2) is 6.08. The zero-order valence-corrected chi connectivity index (χ0v) is 12.3. The van der Waals surface area contributed by atoms with Gasteiger partial charge in [-0.05, 0) is 35.0 Å². The Bertz CT molecular complexity index is 639. The number of ether oxygens (including phenoxy) is 1. The third-order valence-electron chi connectivity index (χ3n) is 2.38. The number of aromatic nitrogens is 3. The smallest absolute Gasteiger partial charge is 0.321 e. The van der Waals surface area contributed by atoms with Crippen LogP contribution >= 0.6 is 15.9 Å². The Balaban J connectivity index is 2.63. The van der Waals surface area contributed by atoms with Crippen molar-refractivity contribution in [3.05, 3.63) is 28.2 Å². The van der Waals surface area contributed by atoms with Crippen LogP contribution in [0.1, 0.15) is 6.92 Å². The number of halogens is 3. The fourth-order valence-electron chi connectivity index (χ4n) is 1.51. The highest BCUT2D eigenvalue weighted by Crippen LogP contribution is 2.29. The first-order valence-corrected chi connectivity index (χ1v) is 6.56. The molecule has 20 heavy (non-hydrogen) atoms. The van der Waals surface area contributed by atoms with Gasteiger partial charge in [0, 0.05) is 7.05 Å². The van der Waals surface area contributed by atoms with Crippen molar-refractivity contribution in [2.75, 3.05) is 19.0 Å². The molecule has 1 aromatic carbocycles. The van der Waals surface area contributed by atoms with Crippen LogP contribution < -0.4 is 10.1 Å². The van der Waals surface area contributed by atoms with E-state index in [1.807, 2.05) is 0 Å². The minimum atomic E-state index is -0.777. The number of hydrogen-bond acceptors (Lipinski definition) is 5. The van der Waals surface area contributed by atoms with E-state index >= 15 is 0 Å². The van der Waals surface area contributed by atoms with Gasteiger partial charge in [-0.1, -0.05) is 0 Å². The van der Waals surface area contributed by atoms with Crippen LogP contribution in [0.15, 0.2) is 16.6 Å². The lowest BCUT2D eigenvalue weighted by atomic mass is 10.2. The number of anilines is 1. The molecule has 2 rings (SSSR count). The van der Waals surface area contributed by atoms with Crippen molar-refractivity contribution in [1.29, 1.82) is 0 Å². The quantitative estimate of drug-likeness (QED) is 0.864. The number of benzene rings is 1. The van der Waals surface area contributed by atoms with Crippen molar-refractivity contribution >= 4 is 21.9 Å². The van der Waals surface area contributed by atoms with E-state index in [-0.39, 0.29) is 27.8 Å². The first kappa shape index (κ1) is 14.6. The van der Waals surface area contributed by atoms with E-state index in [4.69, 9.17) is 4.74 Å². The van der Waals surface area contributed by atoms with Gasteiger partial charge in [-0.2, -0.15) is 15.0 Å². The minimum Gasteiger partial charge on any atom is -0.464 e. The first-order chi connectivity index (χ1) is 9.56. The Labute approximate surface area is 122 Å². The molecule has 0 aliphatic carbocycles. The second-order valence-electron chi connectivity index (χ2n) is 3.67. The molecule has 5 nitrogen and oxygen atoms in total. The molecule has 0 unspecified atom stereocenters. The zero-order chi connectivity index (χ0) is 14.7. The van der Waals surface area contributed by atoms with Crippen LogP contribution in [0.5, 0.6) is 6.01 Å². The van der Waals surface area contributed by atoms with Gasteiger partial charge in [0.15, 0.2) is 11.6 Å². The van der Waals surface area contributed by atoms with Crippen LogP contribution in [0, 0.1) is 11.6 Å². The lowest BCUT2D eigenvalue weighted by molar-refractivity contribution is 0.312. The summed E-state index contributed by atoms with van der Waals surface area (Å²) in [6.45, 7) is 2.08. The molecule has 0 fully saturated rings. The van der Waals surface area contributed by atoms with E-state index in [0.29, 0.717) is 6.61 Å². The van der Waals surface area contributed by atoms with E-state index in [1.54, 1.807) is 14.0 Å². The Morgan fingerprint density at radius 1 is 1.25 bits per heavy atom. The summed E-state index contributed by atoms with van der Waals surface area (Å²) in [6, 6.07) is 2.41. The molecule has 0 saturated carbocycles. The number of nitrogens with one attached hydrogen (secondary N) is 1. The standard InChI is InChI=1S/C12H11BrF2N4O/c1-3-20-12-18-10(17-11(16-2)19-12)8-7(14)5-4-6(13)9(8)15/h4-5H,3H2,1-2H3,(H,16,17,18,19). The highest BCUT2D eigenvalue weighted by atomic mass is 79.9. The van der Waals surface area contributed by atoms with E-state index < -0.39 is 11.6 Å². The molecule has 1 N–H and O–H groups in total. The summed E-state index contributed by atoms with van der Waals surface area (Å²) in [5.41, 5.74) is -0.334. The lowest BCUT2D eigenvalue weighted by Gasteiger charge is -2.09. The molecule has 8 heteroatoms. The van der Waals surface area contributed by atoms with Crippen LogP contribution in [0.4, 0.5) is 14.7 Å². The Kier molecular flexibility index (Phi) is 4.43. The maximum absolute atomic E-state index is 14.1. The summed E-state index contributed by atoms with van der Waals surface area (Å²) in [6.07, 6.45) is 0. The molecule has 0 radical (unpaired) electrons. The maximum atomic E-state index is 14.1. The van der Waals surface area contributed by atoms with E-state index in [2.05, 4.69) is 36.2 Å². The third kappa shape index (κ3) is 2.84. The second-order valence-corrected chi connectivity index (χ2v) is 4.52.